The van der Waals surface area contributed by atoms with E-state index in [1.54, 1.807) is 31.2 Å². The van der Waals surface area contributed by atoms with Crippen molar-refractivity contribution >= 4 is 16.2 Å². The van der Waals surface area contributed by atoms with Gasteiger partial charge in [0.25, 0.3) is 10.0 Å². The van der Waals surface area contributed by atoms with Crippen LogP contribution in [0, 0.1) is 13.8 Å². The maximum atomic E-state index is 11.9. The van der Waals surface area contributed by atoms with E-state index >= 15 is 0 Å². The Kier molecular flexibility index (Phi) is 3.71. The maximum Gasteiger partial charge on any atom is 0.276 e. The highest BCUT2D eigenvalue weighted by Crippen LogP contribution is 2.09. The Morgan fingerprint density at radius 3 is 2.37 bits per heavy atom. The Morgan fingerprint density at radius 2 is 1.79 bits per heavy atom. The molecule has 2 rings (SSSR count). The van der Waals surface area contributed by atoms with Gasteiger partial charge in [0.2, 0.25) is 0 Å². The fourth-order valence-corrected chi connectivity index (χ4v) is 2.24. The van der Waals surface area contributed by atoms with Crippen molar-refractivity contribution in [1.29, 1.82) is 0 Å². The summed E-state index contributed by atoms with van der Waals surface area (Å²) in [5.74, 6) is 1.23. The number of hydrogen-bond acceptors (Lipinski definition) is 4. The fraction of sp³-hybridized carbons (Fsp3) is 0.154. The van der Waals surface area contributed by atoms with E-state index < -0.39 is 10.0 Å². The normalized spacial score (nSPS) is 11.9. The molecule has 0 bridgehead atoms. The number of benzene rings is 1. The Hall–Kier alpha value is -2.08. The van der Waals surface area contributed by atoms with E-state index in [4.69, 9.17) is 4.42 Å². The fourth-order valence-electron chi connectivity index (χ4n) is 1.45. The van der Waals surface area contributed by atoms with Crippen LogP contribution in [0.2, 0.25) is 0 Å². The molecule has 1 aromatic carbocycles. The van der Waals surface area contributed by atoms with Crippen molar-refractivity contribution in [1.82, 2.24) is 4.83 Å². The highest BCUT2D eigenvalue weighted by Gasteiger charge is 2.11. The molecule has 1 N–H and O–H groups in total. The molecule has 0 aliphatic rings. The van der Waals surface area contributed by atoms with Gasteiger partial charge in [-0.1, -0.05) is 17.7 Å². The zero-order valence-corrected chi connectivity index (χ0v) is 11.4. The van der Waals surface area contributed by atoms with E-state index in [0.29, 0.717) is 5.76 Å². The van der Waals surface area contributed by atoms with Gasteiger partial charge in [0.15, 0.2) is 0 Å². The van der Waals surface area contributed by atoms with Crippen LogP contribution in [0.4, 0.5) is 0 Å². The topological polar surface area (TPSA) is 71.7 Å². The zero-order valence-electron chi connectivity index (χ0n) is 10.6. The lowest BCUT2D eigenvalue weighted by molar-refractivity contribution is 0.527. The predicted octanol–water partition coefficient (Wildman–Crippen LogP) is 2.21. The molecule has 6 heteroatoms. The summed E-state index contributed by atoms with van der Waals surface area (Å²) in [5, 5.41) is 3.67. The Balaban J connectivity index is 2.09. The van der Waals surface area contributed by atoms with Crippen LogP contribution in [-0.4, -0.2) is 14.6 Å². The van der Waals surface area contributed by atoms with Crippen LogP contribution in [0.15, 0.2) is 50.8 Å². The van der Waals surface area contributed by atoms with Crippen molar-refractivity contribution in [2.24, 2.45) is 5.10 Å². The van der Waals surface area contributed by atoms with E-state index in [9.17, 15) is 8.42 Å². The lowest BCUT2D eigenvalue weighted by Crippen LogP contribution is -2.18. The molecular formula is C13H14N2O3S. The molecule has 100 valence electrons. The second-order valence-electron chi connectivity index (χ2n) is 4.11. The van der Waals surface area contributed by atoms with Gasteiger partial charge in [-0.05, 0) is 38.1 Å². The molecule has 0 saturated carbocycles. The molecule has 0 aliphatic heterocycles. The zero-order chi connectivity index (χ0) is 13.9. The van der Waals surface area contributed by atoms with Crippen LogP contribution >= 0.6 is 0 Å². The number of rotatable bonds is 4. The van der Waals surface area contributed by atoms with Gasteiger partial charge in [0.05, 0.1) is 11.1 Å². The number of hydrogen-bond donors (Lipinski definition) is 1. The van der Waals surface area contributed by atoms with Crippen molar-refractivity contribution in [3.63, 3.8) is 0 Å². The summed E-state index contributed by atoms with van der Waals surface area (Å²) >= 11 is 0. The molecule has 2 aromatic rings. The Morgan fingerprint density at radius 1 is 1.11 bits per heavy atom. The average Bonchev–Trinajstić information content (AvgIpc) is 2.75. The van der Waals surface area contributed by atoms with Gasteiger partial charge < -0.3 is 4.42 Å². The highest BCUT2D eigenvalue weighted by molar-refractivity contribution is 7.89. The molecule has 0 spiro atoms. The monoisotopic (exact) mass is 278 g/mol. The largest absolute Gasteiger partial charge is 0.460 e. The molecule has 0 saturated heterocycles. The van der Waals surface area contributed by atoms with E-state index in [1.807, 2.05) is 6.92 Å². The lowest BCUT2D eigenvalue weighted by Gasteiger charge is -2.02. The minimum Gasteiger partial charge on any atom is -0.460 e. The van der Waals surface area contributed by atoms with Gasteiger partial charge in [-0.2, -0.15) is 18.4 Å². The van der Waals surface area contributed by atoms with E-state index in [1.165, 1.54) is 18.3 Å². The standard InChI is InChI=1S/C13H14N2O3S/c1-10-3-7-13(8-4-10)19(16,17)15-14-9-12-6-5-11(2)18-12/h3-9,15H,1-2H3/b14-9+. The molecule has 0 unspecified atom stereocenters. The number of nitrogens with zero attached hydrogens (tertiary/aromatic N) is 1. The number of hydrazone groups is 1. The molecule has 19 heavy (non-hydrogen) atoms. The first-order valence-electron chi connectivity index (χ1n) is 5.65. The third-order valence-corrected chi connectivity index (χ3v) is 3.70. The third-order valence-electron chi connectivity index (χ3n) is 2.46. The first-order valence-corrected chi connectivity index (χ1v) is 7.14. The molecule has 0 aliphatic carbocycles. The molecular weight excluding hydrogens is 264 g/mol. The van der Waals surface area contributed by atoms with Crippen LogP contribution in [0.1, 0.15) is 17.1 Å². The maximum absolute atomic E-state index is 11.9. The van der Waals surface area contributed by atoms with E-state index in [0.717, 1.165) is 11.3 Å². The summed E-state index contributed by atoms with van der Waals surface area (Å²) in [4.78, 5) is 2.31. The predicted molar refractivity (Wildman–Crippen MR) is 72.5 cm³/mol. The summed E-state index contributed by atoms with van der Waals surface area (Å²) in [6, 6.07) is 10.0. The molecule has 5 nitrogen and oxygen atoms in total. The highest BCUT2D eigenvalue weighted by atomic mass is 32.2. The van der Waals surface area contributed by atoms with Crippen molar-refractivity contribution in [3.05, 3.63) is 53.5 Å². The molecule has 0 atom stereocenters. The van der Waals surface area contributed by atoms with Gasteiger partial charge in [0.1, 0.15) is 11.5 Å². The summed E-state index contributed by atoms with van der Waals surface area (Å²) in [6.45, 7) is 3.69. The minimum absolute atomic E-state index is 0.172. The number of nitrogens with one attached hydrogen (secondary N) is 1. The van der Waals surface area contributed by atoms with E-state index in [2.05, 4.69) is 9.93 Å². The number of furan rings is 1. The first kappa shape index (κ1) is 13.4. The minimum atomic E-state index is -3.63. The average molecular weight is 278 g/mol. The SMILES string of the molecule is Cc1ccc(S(=O)(=O)N/N=C/c2ccc(C)o2)cc1. The van der Waals surface area contributed by atoms with E-state index in [-0.39, 0.29) is 4.90 Å². The first-order chi connectivity index (χ1) is 8.97. The van der Waals surface area contributed by atoms with Gasteiger partial charge in [-0.25, -0.2) is 0 Å². The van der Waals surface area contributed by atoms with Crippen LogP contribution in [0.25, 0.3) is 0 Å². The van der Waals surface area contributed by atoms with Crippen LogP contribution in [0.3, 0.4) is 0 Å². The molecule has 1 aromatic heterocycles. The third kappa shape index (κ3) is 3.45. The number of sulfonamides is 1. The molecule has 0 amide bonds. The van der Waals surface area contributed by atoms with Gasteiger partial charge in [-0.15, -0.1) is 0 Å². The second kappa shape index (κ2) is 5.27. The van der Waals surface area contributed by atoms with Gasteiger partial charge in [0, 0.05) is 0 Å². The van der Waals surface area contributed by atoms with Crippen LogP contribution < -0.4 is 4.83 Å². The molecule has 1 heterocycles. The van der Waals surface area contributed by atoms with Crippen molar-refractivity contribution in [2.75, 3.05) is 0 Å². The summed E-state index contributed by atoms with van der Waals surface area (Å²) in [6.07, 6.45) is 1.32. The molecule has 0 radical (unpaired) electrons. The van der Waals surface area contributed by atoms with Crippen LogP contribution in [0.5, 0.6) is 0 Å². The van der Waals surface area contributed by atoms with Crippen molar-refractivity contribution in [3.8, 4) is 0 Å². The number of aryl methyl sites for hydroxylation is 2. The molecule has 0 fully saturated rings. The Bertz CT molecular complexity index is 685. The summed E-state index contributed by atoms with van der Waals surface area (Å²) in [7, 11) is -3.63. The second-order valence-corrected chi connectivity index (χ2v) is 5.78. The van der Waals surface area contributed by atoms with Crippen molar-refractivity contribution in [2.45, 2.75) is 18.7 Å². The summed E-state index contributed by atoms with van der Waals surface area (Å²) in [5.41, 5.74) is 0.994. The summed E-state index contributed by atoms with van der Waals surface area (Å²) < 4.78 is 29.0. The van der Waals surface area contributed by atoms with Gasteiger partial charge >= 0.3 is 0 Å². The quantitative estimate of drug-likeness (QED) is 0.688. The Labute approximate surface area is 112 Å². The van der Waals surface area contributed by atoms with Gasteiger partial charge in [-0.3, -0.25) is 0 Å². The van der Waals surface area contributed by atoms with Crippen molar-refractivity contribution < 1.29 is 12.8 Å². The lowest BCUT2D eigenvalue weighted by atomic mass is 10.2. The smallest absolute Gasteiger partial charge is 0.276 e. The van der Waals surface area contributed by atoms with Crippen LogP contribution in [-0.2, 0) is 10.0 Å².